The second-order valence-electron chi connectivity index (χ2n) is 8.45. The van der Waals surface area contributed by atoms with Gasteiger partial charge in [-0.1, -0.05) is 26.8 Å². The molecule has 1 N–H and O–H groups in total. The van der Waals surface area contributed by atoms with Crippen LogP contribution in [0, 0.1) is 16.7 Å². The first-order chi connectivity index (χ1) is 11.6. The van der Waals surface area contributed by atoms with Crippen LogP contribution >= 0.6 is 0 Å². The van der Waals surface area contributed by atoms with Gasteiger partial charge in [0.15, 0.2) is 0 Å². The zero-order valence-electron chi connectivity index (χ0n) is 15.7. The highest BCUT2D eigenvalue weighted by Gasteiger charge is 2.61. The van der Waals surface area contributed by atoms with Crippen molar-refractivity contribution in [1.82, 2.24) is 0 Å². The van der Waals surface area contributed by atoms with Crippen LogP contribution in [0.1, 0.15) is 53.9 Å². The molecule has 4 unspecified atom stereocenters. The molecular formula is C20H28O5. The summed E-state index contributed by atoms with van der Waals surface area (Å²) in [7, 11) is 0. The molecule has 3 aliphatic rings. The third kappa shape index (κ3) is 2.64. The minimum Gasteiger partial charge on any atom is -0.458 e. The fourth-order valence-electron chi connectivity index (χ4n) is 5.34. The molecule has 0 amide bonds. The highest BCUT2D eigenvalue weighted by Crippen LogP contribution is 2.61. The molecule has 4 atom stereocenters. The minimum absolute atomic E-state index is 0.165. The van der Waals surface area contributed by atoms with Gasteiger partial charge in [0.25, 0.3) is 0 Å². The average molecular weight is 348 g/mol. The van der Waals surface area contributed by atoms with E-state index in [9.17, 15) is 14.7 Å². The molecule has 1 heterocycles. The number of fused-ring (bicyclic) bond motifs is 2. The Morgan fingerprint density at radius 1 is 1.36 bits per heavy atom. The molecule has 0 spiro atoms. The molecule has 1 fully saturated rings. The van der Waals surface area contributed by atoms with Gasteiger partial charge in [0, 0.05) is 27.9 Å². The number of hydrogen-bond acceptors (Lipinski definition) is 5. The first kappa shape index (κ1) is 18.2. The Labute approximate surface area is 149 Å². The fourth-order valence-corrected chi connectivity index (χ4v) is 5.34. The van der Waals surface area contributed by atoms with E-state index in [1.54, 1.807) is 13.0 Å². The number of esters is 2. The smallest absolute Gasteiger partial charge is 0.334 e. The van der Waals surface area contributed by atoms with Crippen LogP contribution in [0.4, 0.5) is 0 Å². The summed E-state index contributed by atoms with van der Waals surface area (Å²) in [6, 6.07) is 0. The van der Waals surface area contributed by atoms with Gasteiger partial charge in [-0.2, -0.15) is 0 Å². The number of rotatable bonds is 2. The highest BCUT2D eigenvalue weighted by molar-refractivity contribution is 5.93. The van der Waals surface area contributed by atoms with Gasteiger partial charge in [-0.15, -0.1) is 0 Å². The second-order valence-corrected chi connectivity index (χ2v) is 8.45. The Morgan fingerprint density at radius 2 is 2.04 bits per heavy atom. The largest absolute Gasteiger partial charge is 0.458 e. The van der Waals surface area contributed by atoms with Crippen molar-refractivity contribution in [2.45, 2.75) is 66.1 Å². The SMILES string of the molecule is C/C=C(/C)C(=O)OC1CCC2(C)C3=C(COC3=O)CC(O)C2C1(C)C. The van der Waals surface area contributed by atoms with Gasteiger partial charge in [0.2, 0.25) is 0 Å². The van der Waals surface area contributed by atoms with E-state index in [1.165, 1.54) is 0 Å². The molecule has 0 aromatic carbocycles. The highest BCUT2D eigenvalue weighted by atomic mass is 16.5. The van der Waals surface area contributed by atoms with E-state index in [0.717, 1.165) is 11.1 Å². The molecule has 1 aliphatic heterocycles. The number of carbonyl (C=O) groups excluding carboxylic acids is 2. The van der Waals surface area contributed by atoms with E-state index in [1.807, 2.05) is 20.8 Å². The molecule has 25 heavy (non-hydrogen) atoms. The number of ether oxygens (including phenoxy) is 2. The van der Waals surface area contributed by atoms with Crippen molar-refractivity contribution in [1.29, 1.82) is 0 Å². The van der Waals surface area contributed by atoms with Gasteiger partial charge in [-0.3, -0.25) is 0 Å². The van der Waals surface area contributed by atoms with E-state index < -0.39 is 16.9 Å². The molecule has 5 nitrogen and oxygen atoms in total. The lowest BCUT2D eigenvalue weighted by Gasteiger charge is -2.57. The van der Waals surface area contributed by atoms with Gasteiger partial charge in [-0.25, -0.2) is 9.59 Å². The molecular weight excluding hydrogens is 320 g/mol. The second kappa shape index (κ2) is 5.97. The van der Waals surface area contributed by atoms with Crippen molar-refractivity contribution in [3.8, 4) is 0 Å². The summed E-state index contributed by atoms with van der Waals surface area (Å²) in [6.45, 7) is 9.97. The van der Waals surface area contributed by atoms with Crippen molar-refractivity contribution in [2.24, 2.45) is 16.7 Å². The third-order valence-corrected chi connectivity index (χ3v) is 6.59. The number of allylic oxidation sites excluding steroid dienone is 1. The number of carbonyl (C=O) groups is 2. The molecule has 3 rings (SSSR count). The van der Waals surface area contributed by atoms with Crippen molar-refractivity contribution in [3.05, 3.63) is 22.8 Å². The average Bonchev–Trinajstić information content (AvgIpc) is 2.90. The lowest BCUT2D eigenvalue weighted by Crippen LogP contribution is -2.58. The molecule has 138 valence electrons. The fraction of sp³-hybridized carbons (Fsp3) is 0.700. The van der Waals surface area contributed by atoms with Gasteiger partial charge < -0.3 is 14.6 Å². The number of cyclic esters (lactones) is 1. The predicted molar refractivity (Wildman–Crippen MR) is 92.5 cm³/mol. The van der Waals surface area contributed by atoms with E-state index >= 15 is 0 Å². The van der Waals surface area contributed by atoms with Crippen molar-refractivity contribution in [2.75, 3.05) is 6.61 Å². The van der Waals surface area contributed by atoms with Gasteiger partial charge in [0.05, 0.1) is 6.10 Å². The lowest BCUT2D eigenvalue weighted by molar-refractivity contribution is -0.175. The van der Waals surface area contributed by atoms with Crippen LogP contribution in [0.2, 0.25) is 0 Å². The number of aliphatic hydroxyl groups is 1. The van der Waals surface area contributed by atoms with Crippen LogP contribution in [0.25, 0.3) is 0 Å². The van der Waals surface area contributed by atoms with Crippen molar-refractivity contribution in [3.63, 3.8) is 0 Å². The topological polar surface area (TPSA) is 72.8 Å². The minimum atomic E-state index is -0.572. The van der Waals surface area contributed by atoms with Gasteiger partial charge in [-0.05, 0) is 38.7 Å². The zero-order chi connectivity index (χ0) is 18.6. The van der Waals surface area contributed by atoms with E-state index in [2.05, 4.69) is 6.92 Å². The van der Waals surface area contributed by atoms with E-state index in [4.69, 9.17) is 9.47 Å². The summed E-state index contributed by atoms with van der Waals surface area (Å²) < 4.78 is 11.0. The quantitative estimate of drug-likeness (QED) is 0.613. The van der Waals surface area contributed by atoms with Crippen LogP contribution in [0.5, 0.6) is 0 Å². The Hall–Kier alpha value is -1.62. The van der Waals surface area contributed by atoms with Crippen LogP contribution in [0.15, 0.2) is 22.8 Å². The van der Waals surface area contributed by atoms with Crippen LogP contribution < -0.4 is 0 Å². The summed E-state index contributed by atoms with van der Waals surface area (Å²) in [5.74, 6) is -0.720. The molecule has 0 saturated heterocycles. The lowest BCUT2D eigenvalue weighted by atomic mass is 9.48. The molecule has 5 heteroatoms. The Morgan fingerprint density at radius 3 is 2.68 bits per heavy atom. The molecule has 1 saturated carbocycles. The maximum Gasteiger partial charge on any atom is 0.334 e. The molecule has 0 aromatic heterocycles. The van der Waals surface area contributed by atoms with Crippen molar-refractivity contribution < 1.29 is 24.2 Å². The third-order valence-electron chi connectivity index (χ3n) is 6.59. The Balaban J connectivity index is 1.95. The van der Waals surface area contributed by atoms with Crippen LogP contribution in [-0.4, -0.2) is 35.9 Å². The predicted octanol–water partition coefficient (Wildman–Crippen LogP) is 2.92. The summed E-state index contributed by atoms with van der Waals surface area (Å²) in [5.41, 5.74) is 1.38. The van der Waals surface area contributed by atoms with E-state index in [-0.39, 0.29) is 24.0 Å². The number of aliphatic hydroxyl groups excluding tert-OH is 1. The van der Waals surface area contributed by atoms with Crippen LogP contribution in [0.3, 0.4) is 0 Å². The monoisotopic (exact) mass is 348 g/mol. The molecule has 0 bridgehead atoms. The van der Waals surface area contributed by atoms with Crippen molar-refractivity contribution >= 4 is 11.9 Å². The summed E-state index contributed by atoms with van der Waals surface area (Å²) in [6.07, 6.45) is 2.70. The zero-order valence-corrected chi connectivity index (χ0v) is 15.7. The first-order valence-corrected chi connectivity index (χ1v) is 9.04. The molecule has 0 aromatic rings. The Bertz CT molecular complexity index is 672. The summed E-state index contributed by atoms with van der Waals surface area (Å²) >= 11 is 0. The maximum atomic E-state index is 12.3. The van der Waals surface area contributed by atoms with Gasteiger partial charge >= 0.3 is 11.9 Å². The Kier molecular flexibility index (Phi) is 4.34. The van der Waals surface area contributed by atoms with Gasteiger partial charge in [0.1, 0.15) is 12.7 Å². The maximum absolute atomic E-state index is 12.3. The first-order valence-electron chi connectivity index (χ1n) is 9.04. The summed E-state index contributed by atoms with van der Waals surface area (Å²) in [4.78, 5) is 24.6. The standard InChI is InChI=1S/C20H28O5/c1-6-11(2)17(22)25-14-7-8-20(5)15-12(10-24-18(15)23)9-13(21)16(20)19(14,3)4/h6,13-14,16,21H,7-10H2,1-5H3/b11-6-. The molecule has 0 radical (unpaired) electrons. The van der Waals surface area contributed by atoms with Crippen LogP contribution in [-0.2, 0) is 19.1 Å². The van der Waals surface area contributed by atoms with E-state index in [0.29, 0.717) is 31.4 Å². The summed E-state index contributed by atoms with van der Waals surface area (Å²) in [5, 5.41) is 10.9. The number of hydrogen-bond donors (Lipinski definition) is 1. The normalized spacial score (nSPS) is 37.3. The molecule has 2 aliphatic carbocycles.